The number of amides is 1. The Morgan fingerprint density at radius 3 is 2.47 bits per heavy atom. The molecule has 3 rings (SSSR count). The first-order valence-corrected chi connectivity index (χ1v) is 10.4. The van der Waals surface area contributed by atoms with Gasteiger partial charge in [0.2, 0.25) is 0 Å². The minimum Gasteiger partial charge on any atom is -0.452 e. The average Bonchev–Trinajstić information content (AvgIpc) is 2.78. The topological polar surface area (TPSA) is 61.9 Å². The minimum atomic E-state index is -0.520. The van der Waals surface area contributed by atoms with Crippen LogP contribution in [0.1, 0.15) is 30.1 Å². The van der Waals surface area contributed by atoms with Crippen molar-refractivity contribution in [2.24, 2.45) is 0 Å². The van der Waals surface area contributed by atoms with Gasteiger partial charge in [-0.15, -0.1) is 0 Å². The Balaban J connectivity index is 1.49. The van der Waals surface area contributed by atoms with Gasteiger partial charge >= 0.3 is 5.97 Å². The number of carbonyl (C=O) groups excluding carboxylic acids is 2. The van der Waals surface area contributed by atoms with Gasteiger partial charge in [-0.2, -0.15) is 0 Å². The molecule has 1 saturated heterocycles. The van der Waals surface area contributed by atoms with Crippen molar-refractivity contribution in [2.45, 2.75) is 19.8 Å². The molecule has 1 heterocycles. The van der Waals surface area contributed by atoms with E-state index in [0.29, 0.717) is 43.1 Å². The molecule has 0 aliphatic carbocycles. The number of unbranched alkanes of at least 4 members (excludes halogenated alkanes) is 1. The fourth-order valence-corrected chi connectivity index (χ4v) is 3.42. The Bertz CT molecular complexity index is 866. The number of carbonyl (C=O) groups is 2. The van der Waals surface area contributed by atoms with Crippen LogP contribution in [0.4, 0.5) is 15.8 Å². The van der Waals surface area contributed by atoms with E-state index >= 15 is 0 Å². The number of esters is 1. The molecule has 0 bridgehead atoms. The molecular formula is C23H28FN3O3. The van der Waals surface area contributed by atoms with Crippen molar-refractivity contribution >= 4 is 23.3 Å². The summed E-state index contributed by atoms with van der Waals surface area (Å²) >= 11 is 0. The lowest BCUT2D eigenvalue weighted by atomic mass is 10.1. The van der Waals surface area contributed by atoms with Gasteiger partial charge in [-0.3, -0.25) is 4.79 Å². The summed E-state index contributed by atoms with van der Waals surface area (Å²) in [6.07, 6.45) is 2.05. The maximum Gasteiger partial charge on any atom is 0.340 e. The van der Waals surface area contributed by atoms with E-state index in [1.54, 1.807) is 35.2 Å². The lowest BCUT2D eigenvalue weighted by Crippen LogP contribution is -2.50. The van der Waals surface area contributed by atoms with E-state index in [0.717, 1.165) is 19.4 Å². The summed E-state index contributed by atoms with van der Waals surface area (Å²) in [7, 11) is 0. The third-order valence-corrected chi connectivity index (χ3v) is 5.15. The highest BCUT2D eigenvalue weighted by Crippen LogP contribution is 2.20. The molecule has 1 N–H and O–H groups in total. The second-order valence-corrected chi connectivity index (χ2v) is 7.22. The maximum atomic E-state index is 13.9. The van der Waals surface area contributed by atoms with Crippen LogP contribution in [-0.4, -0.2) is 56.1 Å². The molecule has 0 spiro atoms. The number of hydrogen-bond acceptors (Lipinski definition) is 5. The highest BCUT2D eigenvalue weighted by atomic mass is 19.1. The predicted molar refractivity (Wildman–Crippen MR) is 115 cm³/mol. The summed E-state index contributed by atoms with van der Waals surface area (Å²) in [6.45, 7) is 4.55. The Morgan fingerprint density at radius 1 is 1.03 bits per heavy atom. The van der Waals surface area contributed by atoms with E-state index in [-0.39, 0.29) is 18.3 Å². The highest BCUT2D eigenvalue weighted by molar-refractivity contribution is 5.96. The average molecular weight is 413 g/mol. The van der Waals surface area contributed by atoms with Gasteiger partial charge in [0.1, 0.15) is 5.82 Å². The predicted octanol–water partition coefficient (Wildman–Crippen LogP) is 3.54. The summed E-state index contributed by atoms with van der Waals surface area (Å²) < 4.78 is 19.2. The zero-order chi connectivity index (χ0) is 21.3. The van der Waals surface area contributed by atoms with Crippen molar-refractivity contribution in [3.8, 4) is 0 Å². The van der Waals surface area contributed by atoms with Gasteiger partial charge in [-0.25, -0.2) is 9.18 Å². The van der Waals surface area contributed by atoms with Crippen LogP contribution in [0.5, 0.6) is 0 Å². The first-order valence-electron chi connectivity index (χ1n) is 10.4. The van der Waals surface area contributed by atoms with E-state index in [4.69, 9.17) is 4.74 Å². The number of piperazine rings is 1. The van der Waals surface area contributed by atoms with E-state index in [1.807, 2.05) is 17.0 Å². The summed E-state index contributed by atoms with van der Waals surface area (Å²) in [5.74, 6) is -1.03. The number of halogens is 1. The molecule has 1 fully saturated rings. The van der Waals surface area contributed by atoms with Crippen LogP contribution < -0.4 is 10.2 Å². The van der Waals surface area contributed by atoms with Gasteiger partial charge in [0.25, 0.3) is 5.91 Å². The molecule has 6 nitrogen and oxygen atoms in total. The van der Waals surface area contributed by atoms with Crippen molar-refractivity contribution in [2.75, 3.05) is 49.5 Å². The molecule has 30 heavy (non-hydrogen) atoms. The molecule has 1 aliphatic heterocycles. The van der Waals surface area contributed by atoms with Crippen LogP contribution in [0, 0.1) is 5.82 Å². The van der Waals surface area contributed by atoms with Crippen molar-refractivity contribution in [3.05, 3.63) is 59.9 Å². The van der Waals surface area contributed by atoms with E-state index in [1.165, 1.54) is 6.07 Å². The lowest BCUT2D eigenvalue weighted by Gasteiger charge is -2.36. The number of rotatable bonds is 8. The van der Waals surface area contributed by atoms with Crippen LogP contribution in [0.2, 0.25) is 0 Å². The number of benzene rings is 2. The first-order chi connectivity index (χ1) is 14.6. The minimum absolute atomic E-state index is 0.243. The Hall–Kier alpha value is -3.09. The Kier molecular flexibility index (Phi) is 7.65. The van der Waals surface area contributed by atoms with Gasteiger partial charge in [-0.05, 0) is 30.7 Å². The first kappa shape index (κ1) is 21.6. The van der Waals surface area contributed by atoms with Gasteiger partial charge in [0.15, 0.2) is 6.61 Å². The molecule has 1 aliphatic rings. The van der Waals surface area contributed by atoms with E-state index in [2.05, 4.69) is 12.2 Å². The van der Waals surface area contributed by atoms with E-state index in [9.17, 15) is 14.0 Å². The molecule has 160 valence electrons. The molecule has 0 radical (unpaired) electrons. The standard InChI is InChI=1S/C23H28FN3O3/c1-2-3-12-25-20-10-6-4-8-18(20)23(29)30-17-22(28)27-15-13-26(14-16-27)21-11-7-5-9-19(21)24/h4-11,25H,2-3,12-17H2,1H3. The van der Waals surface area contributed by atoms with Crippen LogP contribution in [0.15, 0.2) is 48.5 Å². The van der Waals surface area contributed by atoms with E-state index < -0.39 is 5.97 Å². The largest absolute Gasteiger partial charge is 0.452 e. The number of para-hydroxylation sites is 2. The van der Waals surface area contributed by atoms with Crippen LogP contribution >= 0.6 is 0 Å². The summed E-state index contributed by atoms with van der Waals surface area (Å²) in [5, 5.41) is 3.24. The summed E-state index contributed by atoms with van der Waals surface area (Å²) in [5.41, 5.74) is 1.68. The number of nitrogens with one attached hydrogen (secondary N) is 1. The van der Waals surface area contributed by atoms with Gasteiger partial charge in [-0.1, -0.05) is 37.6 Å². The number of ether oxygens (including phenoxy) is 1. The smallest absolute Gasteiger partial charge is 0.340 e. The number of hydrogen-bond donors (Lipinski definition) is 1. The fraction of sp³-hybridized carbons (Fsp3) is 0.391. The van der Waals surface area contributed by atoms with Crippen molar-refractivity contribution in [3.63, 3.8) is 0 Å². The summed E-state index contributed by atoms with van der Waals surface area (Å²) in [4.78, 5) is 28.5. The summed E-state index contributed by atoms with van der Waals surface area (Å²) in [6, 6.07) is 13.8. The zero-order valence-electron chi connectivity index (χ0n) is 17.3. The second-order valence-electron chi connectivity index (χ2n) is 7.22. The molecule has 7 heteroatoms. The second kappa shape index (κ2) is 10.6. The zero-order valence-corrected chi connectivity index (χ0v) is 17.3. The van der Waals surface area contributed by atoms with Gasteiger partial charge in [0, 0.05) is 38.4 Å². The normalized spacial score (nSPS) is 13.8. The van der Waals surface area contributed by atoms with Crippen molar-refractivity contribution in [1.82, 2.24) is 4.90 Å². The quantitative estimate of drug-likeness (QED) is 0.530. The molecule has 0 aromatic heterocycles. The molecule has 0 saturated carbocycles. The third-order valence-electron chi connectivity index (χ3n) is 5.15. The molecule has 2 aromatic rings. The SMILES string of the molecule is CCCCNc1ccccc1C(=O)OCC(=O)N1CCN(c2ccccc2F)CC1. The van der Waals surface area contributed by atoms with Gasteiger partial charge < -0.3 is 19.9 Å². The van der Waals surface area contributed by atoms with Crippen LogP contribution in [0.25, 0.3) is 0 Å². The molecule has 0 atom stereocenters. The maximum absolute atomic E-state index is 13.9. The van der Waals surface area contributed by atoms with Crippen molar-refractivity contribution in [1.29, 1.82) is 0 Å². The molecule has 1 amide bonds. The number of nitrogens with zero attached hydrogens (tertiary/aromatic N) is 2. The third kappa shape index (κ3) is 5.49. The Morgan fingerprint density at radius 2 is 1.73 bits per heavy atom. The van der Waals surface area contributed by atoms with Crippen LogP contribution in [-0.2, 0) is 9.53 Å². The lowest BCUT2D eigenvalue weighted by molar-refractivity contribution is -0.134. The van der Waals surface area contributed by atoms with Crippen LogP contribution in [0.3, 0.4) is 0 Å². The molecular weight excluding hydrogens is 385 g/mol. The highest BCUT2D eigenvalue weighted by Gasteiger charge is 2.24. The molecule has 2 aromatic carbocycles. The monoisotopic (exact) mass is 413 g/mol. The fourth-order valence-electron chi connectivity index (χ4n) is 3.42. The van der Waals surface area contributed by atoms with Gasteiger partial charge in [0.05, 0.1) is 11.3 Å². The van der Waals surface area contributed by atoms with Crippen molar-refractivity contribution < 1.29 is 18.7 Å². The Labute approximate surface area is 176 Å². The molecule has 0 unspecified atom stereocenters. The number of anilines is 2.